The molecule has 2 aromatic rings. The Morgan fingerprint density at radius 1 is 1.21 bits per heavy atom. The van der Waals surface area contributed by atoms with Crippen molar-refractivity contribution in [1.82, 2.24) is 14.8 Å². The summed E-state index contributed by atoms with van der Waals surface area (Å²) in [6.45, 7) is 0. The van der Waals surface area contributed by atoms with Crippen molar-refractivity contribution >= 4 is 5.95 Å². The molecule has 1 aromatic heterocycles. The number of hydrogen-bond donors (Lipinski definition) is 1. The third kappa shape index (κ3) is 2.38. The van der Waals surface area contributed by atoms with Crippen LogP contribution in [0.3, 0.4) is 0 Å². The molecule has 1 heterocycles. The van der Waals surface area contributed by atoms with Crippen LogP contribution in [-0.4, -0.2) is 21.8 Å². The molecule has 2 rings (SSSR count). The SMILES string of the molecule is CNc1nnc(-c2cc(C(F)(F)F)ccc2F)n1C. The summed E-state index contributed by atoms with van der Waals surface area (Å²) in [5, 5.41) is 10.1. The molecule has 102 valence electrons. The molecule has 0 aliphatic rings. The van der Waals surface area contributed by atoms with Crippen molar-refractivity contribution in [2.24, 2.45) is 7.05 Å². The number of rotatable bonds is 2. The number of nitrogens with zero attached hydrogens (tertiary/aromatic N) is 3. The normalized spacial score (nSPS) is 11.7. The third-order valence-electron chi connectivity index (χ3n) is 2.63. The van der Waals surface area contributed by atoms with E-state index in [4.69, 9.17) is 0 Å². The first-order valence-electron chi connectivity index (χ1n) is 5.29. The fraction of sp³-hybridized carbons (Fsp3) is 0.273. The summed E-state index contributed by atoms with van der Waals surface area (Å²) in [5.74, 6) is -0.439. The van der Waals surface area contributed by atoms with Crippen LogP contribution in [0.25, 0.3) is 11.4 Å². The molecule has 0 atom stereocenters. The van der Waals surface area contributed by atoms with Crippen LogP contribution in [0.15, 0.2) is 18.2 Å². The fourth-order valence-corrected chi connectivity index (χ4v) is 1.65. The molecule has 19 heavy (non-hydrogen) atoms. The Bertz CT molecular complexity index is 603. The first-order valence-corrected chi connectivity index (χ1v) is 5.29. The molecule has 0 saturated carbocycles. The van der Waals surface area contributed by atoms with Crippen molar-refractivity contribution in [2.75, 3.05) is 12.4 Å². The fourth-order valence-electron chi connectivity index (χ4n) is 1.65. The molecule has 0 aliphatic carbocycles. The van der Waals surface area contributed by atoms with E-state index in [2.05, 4.69) is 15.5 Å². The van der Waals surface area contributed by atoms with Crippen molar-refractivity contribution in [3.8, 4) is 11.4 Å². The van der Waals surface area contributed by atoms with Crippen molar-refractivity contribution in [1.29, 1.82) is 0 Å². The second kappa shape index (κ2) is 4.52. The predicted molar refractivity (Wildman–Crippen MR) is 60.9 cm³/mol. The van der Waals surface area contributed by atoms with Crippen LogP contribution in [0.4, 0.5) is 23.5 Å². The molecule has 0 unspecified atom stereocenters. The van der Waals surface area contributed by atoms with Gasteiger partial charge in [-0.3, -0.25) is 4.57 Å². The lowest BCUT2D eigenvalue weighted by Crippen LogP contribution is -2.06. The minimum Gasteiger partial charge on any atom is -0.357 e. The van der Waals surface area contributed by atoms with Crippen molar-refractivity contribution in [3.05, 3.63) is 29.6 Å². The van der Waals surface area contributed by atoms with E-state index < -0.39 is 17.6 Å². The third-order valence-corrected chi connectivity index (χ3v) is 2.63. The van der Waals surface area contributed by atoms with Crippen LogP contribution in [-0.2, 0) is 13.2 Å². The highest BCUT2D eigenvalue weighted by atomic mass is 19.4. The van der Waals surface area contributed by atoms with Gasteiger partial charge >= 0.3 is 6.18 Å². The average Bonchev–Trinajstić information content (AvgIpc) is 2.69. The molecule has 1 N–H and O–H groups in total. The van der Waals surface area contributed by atoms with E-state index in [-0.39, 0.29) is 11.4 Å². The number of hydrogen-bond acceptors (Lipinski definition) is 3. The van der Waals surface area contributed by atoms with Crippen molar-refractivity contribution in [3.63, 3.8) is 0 Å². The van der Waals surface area contributed by atoms with Gasteiger partial charge in [0.1, 0.15) is 5.82 Å². The monoisotopic (exact) mass is 274 g/mol. The van der Waals surface area contributed by atoms with E-state index >= 15 is 0 Å². The topological polar surface area (TPSA) is 42.7 Å². The molecule has 0 amide bonds. The van der Waals surface area contributed by atoms with Gasteiger partial charge in [0.05, 0.1) is 11.1 Å². The van der Waals surface area contributed by atoms with Gasteiger partial charge in [-0.15, -0.1) is 10.2 Å². The Labute approximate surface area is 106 Å². The largest absolute Gasteiger partial charge is 0.416 e. The van der Waals surface area contributed by atoms with E-state index in [0.717, 1.165) is 12.1 Å². The molecule has 0 aliphatic heterocycles. The standard InChI is InChI=1S/C11H10F4N4/c1-16-10-18-17-9(19(10)2)7-5-6(11(13,14)15)3-4-8(7)12/h3-5H,1-2H3,(H,16,18). The second-order valence-electron chi connectivity index (χ2n) is 3.85. The Morgan fingerprint density at radius 2 is 1.89 bits per heavy atom. The van der Waals surface area contributed by atoms with Gasteiger partial charge in [-0.1, -0.05) is 0 Å². The lowest BCUT2D eigenvalue weighted by Gasteiger charge is -2.09. The Hall–Kier alpha value is -2.12. The molecule has 0 radical (unpaired) electrons. The first-order chi connectivity index (χ1) is 8.84. The van der Waals surface area contributed by atoms with E-state index in [9.17, 15) is 17.6 Å². The second-order valence-corrected chi connectivity index (χ2v) is 3.85. The van der Waals surface area contributed by atoms with Crippen LogP contribution in [0.1, 0.15) is 5.56 Å². The molecule has 8 heteroatoms. The zero-order chi connectivity index (χ0) is 14.2. The summed E-state index contributed by atoms with van der Waals surface area (Å²) < 4.78 is 52.9. The number of aromatic nitrogens is 3. The number of benzene rings is 1. The van der Waals surface area contributed by atoms with Gasteiger partial charge in [0, 0.05) is 14.1 Å². The Balaban J connectivity index is 2.58. The van der Waals surface area contributed by atoms with Gasteiger partial charge in [-0.2, -0.15) is 13.2 Å². The minimum atomic E-state index is -4.53. The molecular weight excluding hydrogens is 264 g/mol. The summed E-state index contributed by atoms with van der Waals surface area (Å²) >= 11 is 0. The van der Waals surface area contributed by atoms with Crippen LogP contribution in [0.2, 0.25) is 0 Å². The zero-order valence-corrected chi connectivity index (χ0v) is 10.1. The summed E-state index contributed by atoms with van der Waals surface area (Å²) in [6, 6.07) is 2.18. The van der Waals surface area contributed by atoms with E-state index in [1.807, 2.05) is 0 Å². The van der Waals surface area contributed by atoms with Gasteiger partial charge in [0.25, 0.3) is 0 Å². The Morgan fingerprint density at radius 3 is 2.42 bits per heavy atom. The maximum atomic E-state index is 13.7. The van der Waals surface area contributed by atoms with E-state index in [1.54, 1.807) is 7.05 Å². The molecule has 4 nitrogen and oxygen atoms in total. The highest BCUT2D eigenvalue weighted by Crippen LogP contribution is 2.33. The van der Waals surface area contributed by atoms with Gasteiger partial charge in [0.2, 0.25) is 5.95 Å². The van der Waals surface area contributed by atoms with Crippen molar-refractivity contribution < 1.29 is 17.6 Å². The van der Waals surface area contributed by atoms with Crippen molar-refractivity contribution in [2.45, 2.75) is 6.18 Å². The van der Waals surface area contributed by atoms with Crippen LogP contribution in [0, 0.1) is 5.82 Å². The zero-order valence-electron chi connectivity index (χ0n) is 10.1. The summed E-state index contributed by atoms with van der Waals surface area (Å²) in [5.41, 5.74) is -1.18. The maximum absolute atomic E-state index is 13.7. The van der Waals surface area contributed by atoms with Gasteiger partial charge in [0.15, 0.2) is 5.82 Å². The van der Waals surface area contributed by atoms with Crippen LogP contribution in [0.5, 0.6) is 0 Å². The molecule has 0 saturated heterocycles. The summed E-state index contributed by atoms with van der Waals surface area (Å²) in [6.07, 6.45) is -4.53. The average molecular weight is 274 g/mol. The lowest BCUT2D eigenvalue weighted by atomic mass is 10.1. The number of halogens is 4. The molecule has 1 aromatic carbocycles. The number of alkyl halides is 3. The van der Waals surface area contributed by atoms with Crippen LogP contribution >= 0.6 is 0 Å². The minimum absolute atomic E-state index is 0.0213. The molecule has 0 spiro atoms. The highest BCUT2D eigenvalue weighted by Gasteiger charge is 2.31. The molecule has 0 fully saturated rings. The summed E-state index contributed by atoms with van der Waals surface area (Å²) in [7, 11) is 3.11. The van der Waals surface area contributed by atoms with E-state index in [1.165, 1.54) is 11.6 Å². The Kier molecular flexibility index (Phi) is 3.17. The first kappa shape index (κ1) is 13.3. The highest BCUT2D eigenvalue weighted by molar-refractivity contribution is 5.59. The van der Waals surface area contributed by atoms with Crippen LogP contribution < -0.4 is 5.32 Å². The number of anilines is 1. The lowest BCUT2D eigenvalue weighted by molar-refractivity contribution is -0.137. The van der Waals surface area contributed by atoms with E-state index in [0.29, 0.717) is 12.0 Å². The predicted octanol–water partition coefficient (Wildman–Crippen LogP) is 2.68. The van der Waals surface area contributed by atoms with Gasteiger partial charge in [-0.25, -0.2) is 4.39 Å². The summed E-state index contributed by atoms with van der Waals surface area (Å²) in [4.78, 5) is 0. The van der Waals surface area contributed by atoms with Gasteiger partial charge in [-0.05, 0) is 18.2 Å². The maximum Gasteiger partial charge on any atom is 0.416 e. The van der Waals surface area contributed by atoms with Gasteiger partial charge < -0.3 is 5.32 Å². The quantitative estimate of drug-likeness (QED) is 0.856. The smallest absolute Gasteiger partial charge is 0.357 e. The molecular formula is C11H10F4N4. The molecule has 0 bridgehead atoms. The number of nitrogens with one attached hydrogen (secondary N) is 1.